The molecular formula is C16H22N2O3. The Bertz CT molecular complexity index is 490. The third-order valence-electron chi connectivity index (χ3n) is 3.99. The van der Waals surface area contributed by atoms with Crippen molar-refractivity contribution in [3.8, 4) is 0 Å². The molecule has 0 aliphatic carbocycles. The molecule has 1 aromatic rings. The molecule has 5 heteroatoms. The van der Waals surface area contributed by atoms with Gasteiger partial charge in [-0.3, -0.25) is 9.59 Å². The zero-order chi connectivity index (χ0) is 15.2. The summed E-state index contributed by atoms with van der Waals surface area (Å²) in [6, 6.07) is 9.35. The van der Waals surface area contributed by atoms with Crippen molar-refractivity contribution in [2.45, 2.75) is 31.7 Å². The normalized spacial score (nSPS) is 20.0. The third kappa shape index (κ3) is 4.29. The van der Waals surface area contributed by atoms with Gasteiger partial charge in [-0.1, -0.05) is 30.3 Å². The van der Waals surface area contributed by atoms with Gasteiger partial charge >= 0.3 is 5.97 Å². The van der Waals surface area contributed by atoms with E-state index in [1.165, 1.54) is 0 Å². The number of carbonyl (C=O) groups is 2. The SMILES string of the molecule is N[C@@H](CCc1ccccc1)C(=O)N1CCCC(C(=O)O)C1. The van der Waals surface area contributed by atoms with E-state index >= 15 is 0 Å². The summed E-state index contributed by atoms with van der Waals surface area (Å²) in [5, 5.41) is 9.06. The summed E-state index contributed by atoms with van der Waals surface area (Å²) >= 11 is 0. The largest absolute Gasteiger partial charge is 0.481 e. The fourth-order valence-corrected chi connectivity index (χ4v) is 2.70. The van der Waals surface area contributed by atoms with Crippen LogP contribution in [0.3, 0.4) is 0 Å². The fraction of sp³-hybridized carbons (Fsp3) is 0.500. The van der Waals surface area contributed by atoms with Crippen LogP contribution in [0, 0.1) is 5.92 Å². The molecule has 1 amide bonds. The predicted octanol–water partition coefficient (Wildman–Crippen LogP) is 1.27. The van der Waals surface area contributed by atoms with Crippen LogP contribution >= 0.6 is 0 Å². The van der Waals surface area contributed by atoms with E-state index in [-0.39, 0.29) is 12.5 Å². The molecule has 21 heavy (non-hydrogen) atoms. The quantitative estimate of drug-likeness (QED) is 0.855. The number of carboxylic acids is 1. The fourth-order valence-electron chi connectivity index (χ4n) is 2.70. The van der Waals surface area contributed by atoms with Crippen molar-refractivity contribution in [3.63, 3.8) is 0 Å². The van der Waals surface area contributed by atoms with Gasteiger partial charge in [-0.05, 0) is 31.2 Å². The van der Waals surface area contributed by atoms with Gasteiger partial charge in [0.25, 0.3) is 0 Å². The number of benzene rings is 1. The Morgan fingerprint density at radius 3 is 2.71 bits per heavy atom. The van der Waals surface area contributed by atoms with E-state index in [4.69, 9.17) is 10.8 Å². The monoisotopic (exact) mass is 290 g/mol. The van der Waals surface area contributed by atoms with Gasteiger partial charge in [0.05, 0.1) is 12.0 Å². The number of carboxylic acid groups (broad SMARTS) is 1. The minimum Gasteiger partial charge on any atom is -0.481 e. The molecule has 1 heterocycles. The van der Waals surface area contributed by atoms with Crippen LogP contribution in [0.4, 0.5) is 0 Å². The summed E-state index contributed by atoms with van der Waals surface area (Å²) < 4.78 is 0. The second kappa shape index (κ2) is 7.22. The maximum atomic E-state index is 12.3. The molecule has 0 radical (unpaired) electrons. The van der Waals surface area contributed by atoms with Crippen molar-refractivity contribution < 1.29 is 14.7 Å². The molecule has 114 valence electrons. The van der Waals surface area contributed by atoms with Crippen molar-refractivity contribution in [2.24, 2.45) is 11.7 Å². The summed E-state index contributed by atoms with van der Waals surface area (Å²) in [6.45, 7) is 0.898. The van der Waals surface area contributed by atoms with E-state index in [1.54, 1.807) is 4.90 Å². The standard InChI is InChI=1S/C16H22N2O3/c17-14(9-8-12-5-2-1-3-6-12)15(19)18-10-4-7-13(11-18)16(20)21/h1-3,5-6,13-14H,4,7-11,17H2,(H,20,21)/t13?,14-/m0/s1. The predicted molar refractivity (Wildman–Crippen MR) is 79.7 cm³/mol. The zero-order valence-electron chi connectivity index (χ0n) is 12.1. The number of likely N-dealkylation sites (tertiary alicyclic amines) is 1. The van der Waals surface area contributed by atoms with Crippen molar-refractivity contribution in [1.29, 1.82) is 0 Å². The number of amides is 1. The number of hydrogen-bond donors (Lipinski definition) is 2. The molecule has 5 nitrogen and oxygen atoms in total. The topological polar surface area (TPSA) is 83.6 Å². The smallest absolute Gasteiger partial charge is 0.308 e. The Balaban J connectivity index is 1.85. The maximum absolute atomic E-state index is 12.3. The lowest BCUT2D eigenvalue weighted by Gasteiger charge is -2.32. The van der Waals surface area contributed by atoms with Crippen LogP contribution in [-0.4, -0.2) is 41.0 Å². The highest BCUT2D eigenvalue weighted by molar-refractivity contribution is 5.82. The second-order valence-corrected chi connectivity index (χ2v) is 5.59. The molecule has 1 aliphatic rings. The van der Waals surface area contributed by atoms with Crippen LogP contribution < -0.4 is 5.73 Å². The number of rotatable bonds is 5. The summed E-state index contributed by atoms with van der Waals surface area (Å²) in [5.41, 5.74) is 7.13. The molecule has 1 aliphatic heterocycles. The first kappa shape index (κ1) is 15.5. The highest BCUT2D eigenvalue weighted by Gasteiger charge is 2.30. The van der Waals surface area contributed by atoms with Gasteiger partial charge in [0.15, 0.2) is 0 Å². The van der Waals surface area contributed by atoms with E-state index in [2.05, 4.69) is 0 Å². The number of aliphatic carboxylic acids is 1. The highest BCUT2D eigenvalue weighted by Crippen LogP contribution is 2.18. The van der Waals surface area contributed by atoms with Crippen LogP contribution in [0.2, 0.25) is 0 Å². The van der Waals surface area contributed by atoms with Crippen LogP contribution in [0.25, 0.3) is 0 Å². The average molecular weight is 290 g/mol. The van der Waals surface area contributed by atoms with Crippen molar-refractivity contribution in [3.05, 3.63) is 35.9 Å². The molecule has 0 spiro atoms. The van der Waals surface area contributed by atoms with Gasteiger partial charge in [-0.15, -0.1) is 0 Å². The van der Waals surface area contributed by atoms with E-state index in [1.807, 2.05) is 30.3 Å². The van der Waals surface area contributed by atoms with Crippen LogP contribution in [0.5, 0.6) is 0 Å². The number of nitrogens with two attached hydrogens (primary N) is 1. The minimum atomic E-state index is -0.828. The molecule has 1 aromatic carbocycles. The van der Waals surface area contributed by atoms with E-state index in [0.717, 1.165) is 18.4 Å². The molecule has 0 saturated carbocycles. The Hall–Kier alpha value is -1.88. The Labute approximate surface area is 124 Å². The van der Waals surface area contributed by atoms with E-state index in [0.29, 0.717) is 19.4 Å². The Morgan fingerprint density at radius 2 is 2.05 bits per heavy atom. The summed E-state index contributed by atoms with van der Waals surface area (Å²) in [5.74, 6) is -1.41. The highest BCUT2D eigenvalue weighted by atomic mass is 16.4. The first-order valence-electron chi connectivity index (χ1n) is 7.39. The van der Waals surface area contributed by atoms with Crippen molar-refractivity contribution in [1.82, 2.24) is 4.90 Å². The molecule has 0 bridgehead atoms. The Morgan fingerprint density at radius 1 is 1.33 bits per heavy atom. The number of carbonyl (C=O) groups excluding carboxylic acids is 1. The van der Waals surface area contributed by atoms with Gasteiger partial charge in [-0.25, -0.2) is 0 Å². The van der Waals surface area contributed by atoms with E-state index < -0.39 is 17.9 Å². The number of aryl methyl sites for hydroxylation is 1. The summed E-state index contributed by atoms with van der Waals surface area (Å²) in [7, 11) is 0. The number of piperidine rings is 1. The first-order valence-corrected chi connectivity index (χ1v) is 7.39. The molecule has 1 unspecified atom stereocenters. The average Bonchev–Trinajstić information content (AvgIpc) is 2.53. The molecule has 1 fully saturated rings. The molecule has 2 rings (SSSR count). The Kier molecular flexibility index (Phi) is 5.33. The van der Waals surface area contributed by atoms with Gasteiger partial charge in [-0.2, -0.15) is 0 Å². The maximum Gasteiger partial charge on any atom is 0.308 e. The van der Waals surface area contributed by atoms with Gasteiger partial charge in [0.1, 0.15) is 0 Å². The van der Waals surface area contributed by atoms with Gasteiger partial charge < -0.3 is 15.7 Å². The third-order valence-corrected chi connectivity index (χ3v) is 3.99. The van der Waals surface area contributed by atoms with Crippen molar-refractivity contribution in [2.75, 3.05) is 13.1 Å². The minimum absolute atomic E-state index is 0.128. The number of nitrogens with zero attached hydrogens (tertiary/aromatic N) is 1. The summed E-state index contributed by atoms with van der Waals surface area (Å²) in [6.07, 6.45) is 2.70. The van der Waals surface area contributed by atoms with Crippen molar-refractivity contribution >= 4 is 11.9 Å². The first-order chi connectivity index (χ1) is 10.1. The van der Waals surface area contributed by atoms with Crippen LogP contribution in [0.15, 0.2) is 30.3 Å². The lowest BCUT2D eigenvalue weighted by atomic mass is 9.97. The number of hydrogen-bond acceptors (Lipinski definition) is 3. The van der Waals surface area contributed by atoms with Gasteiger partial charge in [0, 0.05) is 13.1 Å². The lowest BCUT2D eigenvalue weighted by molar-refractivity contribution is -0.146. The summed E-state index contributed by atoms with van der Waals surface area (Å²) in [4.78, 5) is 24.9. The molecule has 1 saturated heterocycles. The van der Waals surface area contributed by atoms with Gasteiger partial charge in [0.2, 0.25) is 5.91 Å². The zero-order valence-corrected chi connectivity index (χ0v) is 12.1. The van der Waals surface area contributed by atoms with Crippen LogP contribution in [-0.2, 0) is 16.0 Å². The van der Waals surface area contributed by atoms with Crippen LogP contribution in [0.1, 0.15) is 24.8 Å². The molecular weight excluding hydrogens is 268 g/mol. The molecule has 3 N–H and O–H groups in total. The van der Waals surface area contributed by atoms with E-state index in [9.17, 15) is 9.59 Å². The lowest BCUT2D eigenvalue weighted by Crippen LogP contribution is -2.49. The second-order valence-electron chi connectivity index (χ2n) is 5.59. The molecule has 0 aromatic heterocycles. The molecule has 2 atom stereocenters.